The quantitative estimate of drug-likeness (QED) is 0.649. The third kappa shape index (κ3) is 1.96. The molecule has 2 aromatic heterocycles. The van der Waals surface area contributed by atoms with Crippen LogP contribution in [0, 0.1) is 20.8 Å². The molecule has 67 valence electrons. The van der Waals surface area contributed by atoms with E-state index < -0.39 is 0 Å². The molecule has 0 unspecified atom stereocenters. The monoisotopic (exact) mass is 349 g/mol. The van der Waals surface area contributed by atoms with Crippen molar-refractivity contribution in [3.8, 4) is 0 Å². The molecule has 0 atom stereocenters. The summed E-state index contributed by atoms with van der Waals surface area (Å²) >= 11 is 7.32. The van der Waals surface area contributed by atoms with Crippen molar-refractivity contribution in [3.63, 3.8) is 0 Å². The van der Waals surface area contributed by atoms with Gasteiger partial charge in [-0.1, -0.05) is 0 Å². The Hall–Kier alpha value is 1.24. The van der Waals surface area contributed by atoms with Crippen LogP contribution in [0.2, 0.25) is 0 Å². The van der Waals surface area contributed by atoms with Gasteiger partial charge in [-0.15, -0.1) is 22.7 Å². The van der Waals surface area contributed by atoms with Crippen LogP contribution >= 0.6 is 38.6 Å². The van der Waals surface area contributed by atoms with Crippen LogP contribution in [0.4, 0.5) is 0 Å². The van der Waals surface area contributed by atoms with Crippen molar-refractivity contribution in [2.75, 3.05) is 0 Å². The Balaban J connectivity index is 0.000000845. The maximum Gasteiger partial charge on any atom is 0.0885 e. The average Bonchev–Trinajstić information content (AvgIpc) is 2.40. The summed E-state index contributed by atoms with van der Waals surface area (Å²) in [5.74, 6) is 0. The number of hydrogen-bond donors (Lipinski definition) is 0. The maximum atomic E-state index is 3.57. The largest absolute Gasteiger partial charge is 0.129 e. The van der Waals surface area contributed by atoms with Crippen molar-refractivity contribution >= 4 is 48.0 Å². The molecule has 0 N–H and O–H groups in total. The Morgan fingerprint density at radius 1 is 1.00 bits per heavy atom. The number of aryl methyl sites for hydroxylation is 3. The first-order valence-corrected chi connectivity index (χ1v) is 6.18. The van der Waals surface area contributed by atoms with Crippen molar-refractivity contribution in [1.82, 2.24) is 0 Å². The van der Waals surface area contributed by atoms with Crippen LogP contribution in [0.3, 0.4) is 0 Å². The van der Waals surface area contributed by atoms with E-state index >= 15 is 0 Å². The zero-order valence-corrected chi connectivity index (χ0v) is 13.8. The van der Waals surface area contributed by atoms with E-state index in [-0.39, 0.29) is 32.7 Å². The maximum absolute atomic E-state index is 3.57. The van der Waals surface area contributed by atoms with Crippen molar-refractivity contribution in [2.24, 2.45) is 0 Å². The molecule has 0 fully saturated rings. The van der Waals surface area contributed by atoms with Crippen LogP contribution in [0.5, 0.6) is 0 Å². The number of fused-ring (bicyclic) bond motifs is 1. The summed E-state index contributed by atoms with van der Waals surface area (Å²) in [6.07, 6.45) is 0. The SMILES string of the molecule is Cc1sc2sc(Br)c(C)c2c1C.[Y]. The predicted molar refractivity (Wildman–Crippen MR) is 61.6 cm³/mol. The molecular formula is C9H9BrS2Y. The van der Waals surface area contributed by atoms with Crippen molar-refractivity contribution in [3.05, 3.63) is 19.8 Å². The summed E-state index contributed by atoms with van der Waals surface area (Å²) in [5.41, 5.74) is 2.85. The fourth-order valence-electron chi connectivity index (χ4n) is 1.36. The standard InChI is InChI=1S/C9H9BrS2.Y/c1-4-6(3)11-9-7(4)5(2)8(10)12-9;/h1-3H3;. The molecule has 4 heteroatoms. The van der Waals surface area contributed by atoms with Crippen molar-refractivity contribution < 1.29 is 32.7 Å². The number of thiophene rings is 2. The molecule has 0 saturated carbocycles. The second-order valence-corrected chi connectivity index (χ2v) is 6.77. The van der Waals surface area contributed by atoms with E-state index in [9.17, 15) is 0 Å². The first-order valence-electron chi connectivity index (χ1n) is 3.76. The van der Waals surface area contributed by atoms with Crippen molar-refractivity contribution in [1.29, 1.82) is 0 Å². The Morgan fingerprint density at radius 2 is 1.62 bits per heavy atom. The van der Waals surface area contributed by atoms with E-state index in [1.165, 1.54) is 29.2 Å². The van der Waals surface area contributed by atoms with Crippen LogP contribution in [0.15, 0.2) is 3.79 Å². The average molecular weight is 350 g/mol. The van der Waals surface area contributed by atoms with Crippen LogP contribution in [-0.4, -0.2) is 0 Å². The smallest absolute Gasteiger partial charge is 0.0885 e. The fraction of sp³-hybridized carbons (Fsp3) is 0.333. The molecule has 2 rings (SSSR count). The molecule has 0 aliphatic heterocycles. The normalized spacial score (nSPS) is 10.5. The minimum absolute atomic E-state index is 0. The van der Waals surface area contributed by atoms with Crippen molar-refractivity contribution in [2.45, 2.75) is 20.8 Å². The second-order valence-electron chi connectivity index (χ2n) is 2.95. The zero-order chi connectivity index (χ0) is 8.88. The van der Waals surface area contributed by atoms with Crippen LogP contribution in [-0.2, 0) is 32.7 Å². The molecule has 0 amide bonds. The molecule has 0 bridgehead atoms. The van der Waals surface area contributed by atoms with E-state index in [0.717, 1.165) is 0 Å². The van der Waals surface area contributed by atoms with Crippen LogP contribution < -0.4 is 0 Å². The summed E-state index contributed by atoms with van der Waals surface area (Å²) < 4.78 is 2.74. The molecule has 13 heavy (non-hydrogen) atoms. The Morgan fingerprint density at radius 3 is 2.15 bits per heavy atom. The molecule has 2 heterocycles. The van der Waals surface area contributed by atoms with Gasteiger partial charge in [0.15, 0.2) is 0 Å². The topological polar surface area (TPSA) is 0 Å². The Kier molecular flexibility index (Phi) is 4.17. The summed E-state index contributed by atoms with van der Waals surface area (Å²) in [6.45, 7) is 6.59. The summed E-state index contributed by atoms with van der Waals surface area (Å²) in [4.78, 5) is 1.45. The number of rotatable bonds is 0. The van der Waals surface area contributed by atoms with E-state index in [2.05, 4.69) is 36.7 Å². The minimum Gasteiger partial charge on any atom is -0.129 e. The summed E-state index contributed by atoms with van der Waals surface area (Å²) in [5, 5.41) is 1.47. The van der Waals surface area contributed by atoms with Crippen LogP contribution in [0.1, 0.15) is 16.0 Å². The number of halogens is 1. The molecule has 0 saturated heterocycles. The van der Waals surface area contributed by atoms with Gasteiger partial charge in [0.2, 0.25) is 0 Å². The van der Waals surface area contributed by atoms with Gasteiger partial charge in [0.05, 0.1) is 7.80 Å². The van der Waals surface area contributed by atoms with Gasteiger partial charge in [-0.25, -0.2) is 0 Å². The third-order valence-corrected chi connectivity index (χ3v) is 5.66. The Bertz CT molecular complexity index is 404. The van der Waals surface area contributed by atoms with Gasteiger partial charge in [0, 0.05) is 43.0 Å². The van der Waals surface area contributed by atoms with E-state index in [4.69, 9.17) is 0 Å². The molecule has 0 aliphatic rings. The predicted octanol–water partition coefficient (Wildman–Crippen LogP) is 4.65. The van der Waals surface area contributed by atoms with Gasteiger partial charge >= 0.3 is 0 Å². The fourth-order valence-corrected chi connectivity index (χ4v) is 4.92. The molecule has 2 aromatic rings. The Labute approximate surface area is 120 Å². The number of hydrogen-bond acceptors (Lipinski definition) is 2. The molecule has 0 aliphatic carbocycles. The van der Waals surface area contributed by atoms with E-state index in [1.54, 1.807) is 0 Å². The van der Waals surface area contributed by atoms with E-state index in [1.807, 2.05) is 22.7 Å². The van der Waals surface area contributed by atoms with Gasteiger partial charge in [-0.2, -0.15) is 0 Å². The third-order valence-electron chi connectivity index (χ3n) is 2.21. The summed E-state index contributed by atoms with van der Waals surface area (Å²) in [7, 11) is 0. The first kappa shape index (κ1) is 12.3. The van der Waals surface area contributed by atoms with Gasteiger partial charge in [0.1, 0.15) is 0 Å². The molecule has 0 spiro atoms. The minimum atomic E-state index is 0. The zero-order valence-electron chi connectivity index (χ0n) is 7.77. The second kappa shape index (κ2) is 4.40. The molecule has 1 radical (unpaired) electrons. The van der Waals surface area contributed by atoms with Crippen LogP contribution in [0.25, 0.3) is 9.40 Å². The van der Waals surface area contributed by atoms with E-state index in [0.29, 0.717) is 0 Å². The van der Waals surface area contributed by atoms with Gasteiger partial charge in [-0.3, -0.25) is 0 Å². The molecule has 0 aromatic carbocycles. The molecule has 0 nitrogen and oxygen atoms in total. The van der Waals surface area contributed by atoms with Gasteiger partial charge in [-0.05, 0) is 47.8 Å². The first-order chi connectivity index (χ1) is 5.61. The molecular weight excluding hydrogens is 341 g/mol. The van der Waals surface area contributed by atoms with Gasteiger partial charge < -0.3 is 0 Å². The summed E-state index contributed by atoms with van der Waals surface area (Å²) in [6, 6.07) is 0. The van der Waals surface area contributed by atoms with Gasteiger partial charge in [0.25, 0.3) is 0 Å².